The second kappa shape index (κ2) is 5.63. The summed E-state index contributed by atoms with van der Waals surface area (Å²) >= 11 is 0. The Morgan fingerprint density at radius 2 is 1.94 bits per heavy atom. The van der Waals surface area contributed by atoms with Gasteiger partial charge in [0.1, 0.15) is 6.54 Å². The molecule has 0 aliphatic heterocycles. The molecule has 0 unspecified atom stereocenters. The molecule has 0 fully saturated rings. The van der Waals surface area contributed by atoms with Crippen molar-refractivity contribution in [1.82, 2.24) is 5.43 Å². The summed E-state index contributed by atoms with van der Waals surface area (Å²) < 4.78 is 0.581. The molecule has 4 nitrogen and oxygen atoms in total. The van der Waals surface area contributed by atoms with Crippen LogP contribution in [0.25, 0.3) is 0 Å². The zero-order valence-corrected chi connectivity index (χ0v) is 9.81. The number of carbonyl (C=O) groups is 1. The fraction of sp³-hybridized carbons (Fsp3) is 0.417. The van der Waals surface area contributed by atoms with Gasteiger partial charge in [0.05, 0.1) is 27.1 Å². The Bertz CT molecular complexity index is 336. The summed E-state index contributed by atoms with van der Waals surface area (Å²) in [6, 6.07) is 10.1. The highest BCUT2D eigenvalue weighted by Gasteiger charge is 2.15. The normalized spacial score (nSPS) is 11.4. The third-order valence-electron chi connectivity index (χ3n) is 2.30. The van der Waals surface area contributed by atoms with Crippen LogP contribution in [0.4, 0.5) is 0 Å². The number of benzene rings is 1. The van der Waals surface area contributed by atoms with Crippen molar-refractivity contribution in [2.75, 3.05) is 20.6 Å². The van der Waals surface area contributed by atoms with Crippen molar-refractivity contribution in [3.63, 3.8) is 0 Å². The van der Waals surface area contributed by atoms with E-state index in [2.05, 4.69) is 17.6 Å². The van der Waals surface area contributed by atoms with Crippen LogP contribution >= 0.6 is 0 Å². The standard InChI is InChI=1S/C12H18N2O2/c1-14(2,13-9-8-12(15)16)10-11-6-4-3-5-7-11/h3-7,13H,8-10H2,1-2H3/p+1. The van der Waals surface area contributed by atoms with Gasteiger partial charge in [-0.2, -0.15) is 5.43 Å². The van der Waals surface area contributed by atoms with Gasteiger partial charge < -0.3 is 5.11 Å². The molecule has 0 atom stereocenters. The molecule has 0 saturated carbocycles. The summed E-state index contributed by atoms with van der Waals surface area (Å²) in [5.74, 6) is -0.771. The van der Waals surface area contributed by atoms with Crippen molar-refractivity contribution in [2.45, 2.75) is 13.0 Å². The minimum Gasteiger partial charge on any atom is -0.481 e. The molecule has 1 aromatic rings. The summed E-state index contributed by atoms with van der Waals surface area (Å²) in [6.07, 6.45) is 0.149. The summed E-state index contributed by atoms with van der Waals surface area (Å²) in [6.45, 7) is 1.32. The maximum absolute atomic E-state index is 10.4. The lowest BCUT2D eigenvalue weighted by Crippen LogP contribution is -2.51. The predicted molar refractivity (Wildman–Crippen MR) is 62.5 cm³/mol. The Hall–Kier alpha value is -1.39. The molecule has 2 N–H and O–H groups in total. The number of hydrogen-bond donors (Lipinski definition) is 2. The van der Waals surface area contributed by atoms with Gasteiger partial charge in [0.25, 0.3) is 0 Å². The van der Waals surface area contributed by atoms with Gasteiger partial charge in [-0.1, -0.05) is 30.3 Å². The van der Waals surface area contributed by atoms with Crippen LogP contribution in [0, 0.1) is 0 Å². The van der Waals surface area contributed by atoms with E-state index in [1.165, 1.54) is 5.56 Å². The maximum Gasteiger partial charge on any atom is 0.304 e. The summed E-state index contributed by atoms with van der Waals surface area (Å²) in [7, 11) is 4.05. The highest BCUT2D eigenvalue weighted by atomic mass is 16.4. The molecule has 0 saturated heterocycles. The third-order valence-corrected chi connectivity index (χ3v) is 2.30. The van der Waals surface area contributed by atoms with Gasteiger partial charge in [0, 0.05) is 5.56 Å². The quantitative estimate of drug-likeness (QED) is 0.563. The number of nitrogens with zero attached hydrogens (tertiary/aromatic N) is 1. The van der Waals surface area contributed by atoms with Gasteiger partial charge in [-0.05, 0) is 0 Å². The molecule has 0 heterocycles. The maximum atomic E-state index is 10.4. The summed E-state index contributed by atoms with van der Waals surface area (Å²) in [5.41, 5.74) is 4.43. The minimum atomic E-state index is -0.771. The molecular weight excluding hydrogens is 204 g/mol. The summed E-state index contributed by atoms with van der Waals surface area (Å²) in [4.78, 5) is 10.4. The molecular formula is C12H19N2O2+. The molecule has 0 amide bonds. The first-order valence-electron chi connectivity index (χ1n) is 5.33. The van der Waals surface area contributed by atoms with Crippen LogP contribution in [0.3, 0.4) is 0 Å². The van der Waals surface area contributed by atoms with Crippen LogP contribution in [0.5, 0.6) is 0 Å². The zero-order chi connectivity index (χ0) is 12.0. The van der Waals surface area contributed by atoms with E-state index in [1.807, 2.05) is 32.3 Å². The molecule has 4 heteroatoms. The van der Waals surface area contributed by atoms with Gasteiger partial charge in [0.15, 0.2) is 0 Å². The van der Waals surface area contributed by atoms with E-state index in [-0.39, 0.29) is 6.42 Å². The van der Waals surface area contributed by atoms with E-state index < -0.39 is 5.97 Å². The Kier molecular flexibility index (Phi) is 4.46. The molecule has 0 aliphatic carbocycles. The number of nitrogens with one attached hydrogen (secondary N) is 1. The first kappa shape index (κ1) is 12.7. The first-order chi connectivity index (χ1) is 7.49. The lowest BCUT2D eigenvalue weighted by Gasteiger charge is -2.29. The Balaban J connectivity index is 2.42. The van der Waals surface area contributed by atoms with Crippen molar-refractivity contribution < 1.29 is 14.5 Å². The van der Waals surface area contributed by atoms with Gasteiger partial charge >= 0.3 is 5.97 Å². The number of aliphatic carboxylic acids is 1. The predicted octanol–water partition coefficient (Wildman–Crippen LogP) is 1.24. The molecule has 1 aromatic carbocycles. The SMILES string of the molecule is C[N+](C)(Cc1ccccc1)NCCC(=O)O. The van der Waals surface area contributed by atoms with Crippen LogP contribution < -0.4 is 5.43 Å². The van der Waals surface area contributed by atoms with Crippen molar-refractivity contribution >= 4 is 5.97 Å². The average Bonchev–Trinajstić information content (AvgIpc) is 2.17. The lowest BCUT2D eigenvalue weighted by atomic mass is 10.2. The molecule has 0 spiro atoms. The van der Waals surface area contributed by atoms with Gasteiger partial charge in [-0.15, -0.1) is 0 Å². The number of rotatable bonds is 6. The minimum absolute atomic E-state index is 0.149. The highest BCUT2D eigenvalue weighted by Crippen LogP contribution is 2.05. The smallest absolute Gasteiger partial charge is 0.304 e. The van der Waals surface area contributed by atoms with E-state index in [4.69, 9.17) is 5.11 Å². The van der Waals surface area contributed by atoms with Crippen LogP contribution in [0.15, 0.2) is 30.3 Å². The number of hydrogen-bond acceptors (Lipinski definition) is 2. The molecule has 0 radical (unpaired) electrons. The molecule has 0 aromatic heterocycles. The lowest BCUT2D eigenvalue weighted by molar-refractivity contribution is -0.946. The highest BCUT2D eigenvalue weighted by molar-refractivity contribution is 5.66. The van der Waals surface area contributed by atoms with Crippen LogP contribution in [0.1, 0.15) is 12.0 Å². The fourth-order valence-corrected chi connectivity index (χ4v) is 1.56. The topological polar surface area (TPSA) is 49.3 Å². The zero-order valence-electron chi connectivity index (χ0n) is 9.81. The van der Waals surface area contributed by atoms with Gasteiger partial charge in [-0.3, -0.25) is 4.79 Å². The van der Waals surface area contributed by atoms with Gasteiger partial charge in [-0.25, -0.2) is 4.59 Å². The average molecular weight is 223 g/mol. The number of quaternary nitrogens is 1. The Morgan fingerprint density at radius 1 is 1.31 bits per heavy atom. The monoisotopic (exact) mass is 223 g/mol. The van der Waals surface area contributed by atoms with E-state index in [0.29, 0.717) is 11.1 Å². The second-order valence-electron chi connectivity index (χ2n) is 4.38. The molecule has 16 heavy (non-hydrogen) atoms. The van der Waals surface area contributed by atoms with E-state index in [1.54, 1.807) is 0 Å². The largest absolute Gasteiger partial charge is 0.481 e. The van der Waals surface area contributed by atoms with Crippen molar-refractivity contribution in [2.24, 2.45) is 0 Å². The van der Waals surface area contributed by atoms with E-state index >= 15 is 0 Å². The molecule has 88 valence electrons. The van der Waals surface area contributed by atoms with E-state index in [9.17, 15) is 4.79 Å². The first-order valence-corrected chi connectivity index (χ1v) is 5.33. The van der Waals surface area contributed by atoms with E-state index in [0.717, 1.165) is 6.54 Å². The Morgan fingerprint density at radius 3 is 2.50 bits per heavy atom. The van der Waals surface area contributed by atoms with Gasteiger partial charge in [0.2, 0.25) is 0 Å². The number of carboxylic acid groups (broad SMARTS) is 1. The fourth-order valence-electron chi connectivity index (χ4n) is 1.56. The molecule has 0 aliphatic rings. The van der Waals surface area contributed by atoms with Crippen molar-refractivity contribution in [3.05, 3.63) is 35.9 Å². The van der Waals surface area contributed by atoms with Crippen LogP contribution in [-0.2, 0) is 11.3 Å². The number of carboxylic acids is 1. The van der Waals surface area contributed by atoms with Crippen LogP contribution in [-0.4, -0.2) is 36.3 Å². The second-order valence-corrected chi connectivity index (χ2v) is 4.38. The van der Waals surface area contributed by atoms with Crippen molar-refractivity contribution in [3.8, 4) is 0 Å². The van der Waals surface area contributed by atoms with Crippen molar-refractivity contribution in [1.29, 1.82) is 0 Å². The third kappa shape index (κ3) is 4.91. The summed E-state index contributed by atoms with van der Waals surface area (Å²) in [5, 5.41) is 8.55. The molecule has 0 bridgehead atoms. The Labute approximate surface area is 96.1 Å². The molecule has 1 rings (SSSR count). The van der Waals surface area contributed by atoms with Crippen LogP contribution in [0.2, 0.25) is 0 Å².